The number of pyridine rings is 1. The van der Waals surface area contributed by atoms with E-state index in [0.29, 0.717) is 0 Å². The number of ether oxygens (including phenoxy) is 1. The fourth-order valence-electron chi connectivity index (χ4n) is 4.29. The predicted molar refractivity (Wildman–Crippen MR) is 133 cm³/mol. The minimum absolute atomic E-state index is 0.730. The molecule has 2 saturated heterocycles. The van der Waals surface area contributed by atoms with Crippen molar-refractivity contribution in [1.82, 2.24) is 15.0 Å². The number of hydrogen-bond acceptors (Lipinski definition) is 8. The van der Waals surface area contributed by atoms with Gasteiger partial charge in [0.05, 0.1) is 18.9 Å². The molecule has 4 heterocycles. The minimum Gasteiger partial charge on any atom is -0.378 e. The number of morpholine rings is 1. The Kier molecular flexibility index (Phi) is 6.26. The van der Waals surface area contributed by atoms with Crippen LogP contribution in [0, 0.1) is 0 Å². The molecule has 2 aliphatic rings. The summed E-state index contributed by atoms with van der Waals surface area (Å²) in [5.41, 5.74) is 3.22. The van der Waals surface area contributed by atoms with Crippen LogP contribution in [-0.4, -0.2) is 81.5 Å². The molecule has 2 aliphatic heterocycles. The van der Waals surface area contributed by atoms with Crippen molar-refractivity contribution in [3.05, 3.63) is 54.7 Å². The predicted octanol–water partition coefficient (Wildman–Crippen LogP) is 2.77. The third-order valence-corrected chi connectivity index (χ3v) is 6.23. The van der Waals surface area contributed by atoms with Crippen LogP contribution in [0.1, 0.15) is 0 Å². The monoisotopic (exact) mass is 445 g/mol. The molecule has 0 saturated carbocycles. The normalized spacial score (nSPS) is 16.7. The zero-order chi connectivity index (χ0) is 22.6. The Morgan fingerprint density at radius 3 is 2.24 bits per heavy atom. The van der Waals surface area contributed by atoms with Crippen LogP contribution < -0.4 is 19.6 Å². The standard InChI is InChI=1S/C25H31N7O/c1-29(2)21-7-5-6-20(18-21)22-19-24(31-14-16-33-17-15-31)28-25(27-22)32-12-10-30(11-13-32)23-8-3-4-9-26-23/h3-9,18-19H,10-17H2,1-2H3. The van der Waals surface area contributed by atoms with E-state index in [2.05, 4.69) is 75.1 Å². The van der Waals surface area contributed by atoms with Gasteiger partial charge in [-0.15, -0.1) is 0 Å². The van der Waals surface area contributed by atoms with Crippen LogP contribution in [0.4, 0.5) is 23.3 Å². The number of nitrogens with zero attached hydrogens (tertiary/aromatic N) is 7. The SMILES string of the molecule is CN(C)c1cccc(-c2cc(N3CCOCC3)nc(N3CCN(c4ccccn4)CC3)n2)c1. The summed E-state index contributed by atoms with van der Waals surface area (Å²) in [6, 6.07) is 16.7. The Morgan fingerprint density at radius 1 is 0.758 bits per heavy atom. The quantitative estimate of drug-likeness (QED) is 0.594. The topological polar surface area (TPSA) is 60.9 Å². The number of hydrogen-bond donors (Lipinski definition) is 0. The molecule has 8 heteroatoms. The molecule has 33 heavy (non-hydrogen) atoms. The van der Waals surface area contributed by atoms with E-state index < -0.39 is 0 Å². The maximum Gasteiger partial charge on any atom is 0.228 e. The molecular formula is C25H31N7O. The van der Waals surface area contributed by atoms with Crippen molar-refractivity contribution in [3.63, 3.8) is 0 Å². The van der Waals surface area contributed by atoms with E-state index >= 15 is 0 Å². The number of benzene rings is 1. The highest BCUT2D eigenvalue weighted by molar-refractivity contribution is 5.69. The Balaban J connectivity index is 1.44. The summed E-state index contributed by atoms with van der Waals surface area (Å²) in [6.45, 7) is 6.67. The summed E-state index contributed by atoms with van der Waals surface area (Å²) in [4.78, 5) is 23.6. The fraction of sp³-hybridized carbons (Fsp3) is 0.400. The van der Waals surface area contributed by atoms with Crippen molar-refractivity contribution in [2.75, 3.05) is 86.2 Å². The van der Waals surface area contributed by atoms with Gasteiger partial charge in [0.15, 0.2) is 0 Å². The molecule has 0 spiro atoms. The van der Waals surface area contributed by atoms with Crippen molar-refractivity contribution < 1.29 is 4.74 Å². The first-order valence-electron chi connectivity index (χ1n) is 11.6. The van der Waals surface area contributed by atoms with Gasteiger partial charge in [0.1, 0.15) is 11.6 Å². The van der Waals surface area contributed by atoms with Crippen LogP contribution in [0.25, 0.3) is 11.3 Å². The molecule has 0 N–H and O–H groups in total. The van der Waals surface area contributed by atoms with Crippen LogP contribution in [0.2, 0.25) is 0 Å². The molecule has 3 aromatic rings. The van der Waals surface area contributed by atoms with Crippen molar-refractivity contribution in [2.45, 2.75) is 0 Å². The lowest BCUT2D eigenvalue weighted by Crippen LogP contribution is -2.47. The van der Waals surface area contributed by atoms with Gasteiger partial charge in [-0.25, -0.2) is 9.97 Å². The summed E-state index contributed by atoms with van der Waals surface area (Å²) < 4.78 is 5.57. The first-order chi connectivity index (χ1) is 16.2. The molecule has 0 aliphatic carbocycles. The molecule has 0 unspecified atom stereocenters. The molecule has 8 nitrogen and oxygen atoms in total. The van der Waals surface area contributed by atoms with Gasteiger partial charge in [-0.3, -0.25) is 0 Å². The molecule has 5 rings (SSSR count). The molecule has 0 radical (unpaired) electrons. The van der Waals surface area contributed by atoms with Crippen LogP contribution in [0.15, 0.2) is 54.7 Å². The molecule has 1 aromatic carbocycles. The third-order valence-electron chi connectivity index (χ3n) is 6.23. The highest BCUT2D eigenvalue weighted by atomic mass is 16.5. The second-order valence-electron chi connectivity index (χ2n) is 8.62. The summed E-state index contributed by atoms with van der Waals surface area (Å²) >= 11 is 0. The lowest BCUT2D eigenvalue weighted by Gasteiger charge is -2.36. The van der Waals surface area contributed by atoms with Crippen molar-refractivity contribution in [2.24, 2.45) is 0 Å². The van der Waals surface area contributed by atoms with Gasteiger partial charge >= 0.3 is 0 Å². The van der Waals surface area contributed by atoms with E-state index in [-0.39, 0.29) is 0 Å². The van der Waals surface area contributed by atoms with Crippen molar-refractivity contribution in [3.8, 4) is 11.3 Å². The number of aromatic nitrogens is 3. The first kappa shape index (κ1) is 21.5. The lowest BCUT2D eigenvalue weighted by molar-refractivity contribution is 0.122. The van der Waals surface area contributed by atoms with Crippen molar-refractivity contribution in [1.29, 1.82) is 0 Å². The number of anilines is 4. The largest absolute Gasteiger partial charge is 0.378 e. The van der Waals surface area contributed by atoms with Gasteiger partial charge in [0.25, 0.3) is 0 Å². The molecule has 2 fully saturated rings. The maximum atomic E-state index is 5.57. The zero-order valence-corrected chi connectivity index (χ0v) is 19.4. The highest BCUT2D eigenvalue weighted by Crippen LogP contribution is 2.28. The second kappa shape index (κ2) is 9.62. The van der Waals surface area contributed by atoms with E-state index in [9.17, 15) is 0 Å². The lowest BCUT2D eigenvalue weighted by atomic mass is 10.1. The Labute approximate surface area is 195 Å². The summed E-state index contributed by atoms with van der Waals surface area (Å²) in [5.74, 6) is 2.80. The molecule has 0 bridgehead atoms. The maximum absolute atomic E-state index is 5.57. The van der Waals surface area contributed by atoms with E-state index in [4.69, 9.17) is 14.7 Å². The van der Waals surface area contributed by atoms with Gasteiger partial charge in [-0.2, -0.15) is 4.98 Å². The van der Waals surface area contributed by atoms with E-state index in [1.54, 1.807) is 0 Å². The van der Waals surface area contributed by atoms with Gasteiger partial charge < -0.3 is 24.3 Å². The molecule has 0 amide bonds. The number of piperazine rings is 1. The van der Waals surface area contributed by atoms with E-state index in [1.807, 2.05) is 18.3 Å². The molecule has 2 aromatic heterocycles. The number of rotatable bonds is 5. The van der Waals surface area contributed by atoms with Gasteiger partial charge in [0.2, 0.25) is 5.95 Å². The van der Waals surface area contributed by atoms with Crippen LogP contribution >= 0.6 is 0 Å². The smallest absolute Gasteiger partial charge is 0.228 e. The minimum atomic E-state index is 0.730. The van der Waals surface area contributed by atoms with E-state index in [0.717, 1.165) is 87.0 Å². The molecular weight excluding hydrogens is 414 g/mol. The fourth-order valence-corrected chi connectivity index (χ4v) is 4.29. The van der Waals surface area contributed by atoms with E-state index in [1.165, 1.54) is 0 Å². The molecule has 0 atom stereocenters. The van der Waals surface area contributed by atoms with Gasteiger partial charge in [-0.1, -0.05) is 18.2 Å². The second-order valence-corrected chi connectivity index (χ2v) is 8.62. The third kappa shape index (κ3) is 4.85. The average molecular weight is 446 g/mol. The van der Waals surface area contributed by atoms with Gasteiger partial charge in [0, 0.05) is 76.9 Å². The summed E-state index contributed by atoms with van der Waals surface area (Å²) in [7, 11) is 4.12. The summed E-state index contributed by atoms with van der Waals surface area (Å²) in [5, 5.41) is 0. The van der Waals surface area contributed by atoms with Crippen LogP contribution in [0.5, 0.6) is 0 Å². The van der Waals surface area contributed by atoms with Crippen LogP contribution in [0.3, 0.4) is 0 Å². The Morgan fingerprint density at radius 2 is 1.52 bits per heavy atom. The van der Waals surface area contributed by atoms with Crippen molar-refractivity contribution >= 4 is 23.3 Å². The zero-order valence-electron chi connectivity index (χ0n) is 19.4. The average Bonchev–Trinajstić information content (AvgIpc) is 2.89. The van der Waals surface area contributed by atoms with Gasteiger partial charge in [-0.05, 0) is 24.3 Å². The molecule has 172 valence electrons. The Bertz CT molecular complexity index is 1060. The summed E-state index contributed by atoms with van der Waals surface area (Å²) in [6.07, 6.45) is 1.85. The van der Waals surface area contributed by atoms with Crippen LogP contribution in [-0.2, 0) is 4.74 Å². The highest BCUT2D eigenvalue weighted by Gasteiger charge is 2.23. The Hall–Kier alpha value is -3.39. The first-order valence-corrected chi connectivity index (χ1v) is 11.6.